The van der Waals surface area contributed by atoms with Crippen LogP contribution in [-0.2, 0) is 9.53 Å². The lowest BCUT2D eigenvalue weighted by Crippen LogP contribution is -2.42. The maximum absolute atomic E-state index is 12.9. The molecule has 1 amide bonds. The van der Waals surface area contributed by atoms with Crippen molar-refractivity contribution in [3.05, 3.63) is 66.2 Å². The summed E-state index contributed by atoms with van der Waals surface area (Å²) < 4.78 is 5.70. The smallest absolute Gasteiger partial charge is 0.238 e. The minimum absolute atomic E-state index is 0.0302. The molecule has 1 saturated heterocycles. The molecule has 0 aromatic heterocycles. The van der Waals surface area contributed by atoms with Gasteiger partial charge in [0, 0.05) is 11.5 Å². The average Bonchev–Trinajstić information content (AvgIpc) is 3.16. The summed E-state index contributed by atoms with van der Waals surface area (Å²) in [6.07, 6.45) is 2.22. The third kappa shape index (κ3) is 4.40. The van der Waals surface area contributed by atoms with Crippen LogP contribution in [0.3, 0.4) is 0 Å². The Morgan fingerprint density at radius 1 is 1.12 bits per heavy atom. The number of nitrogens with one attached hydrogen (secondary N) is 1. The summed E-state index contributed by atoms with van der Waals surface area (Å²) in [5, 5.41) is 2.89. The van der Waals surface area contributed by atoms with Gasteiger partial charge in [-0.15, -0.1) is 11.8 Å². The van der Waals surface area contributed by atoms with Crippen molar-refractivity contribution >= 4 is 17.7 Å². The van der Waals surface area contributed by atoms with Gasteiger partial charge in [-0.3, -0.25) is 4.79 Å². The van der Waals surface area contributed by atoms with Crippen LogP contribution in [0.2, 0.25) is 0 Å². The fraction of sp³-hybridized carbons (Fsp3) is 0.350. The van der Waals surface area contributed by atoms with E-state index in [4.69, 9.17) is 4.74 Å². The van der Waals surface area contributed by atoms with Crippen LogP contribution in [0.25, 0.3) is 0 Å². The highest BCUT2D eigenvalue weighted by Gasteiger charge is 2.28. The Bertz CT molecular complexity index is 641. The number of ether oxygens (including phenoxy) is 1. The molecule has 1 heterocycles. The molecule has 1 aliphatic rings. The zero-order valence-electron chi connectivity index (χ0n) is 13.9. The monoisotopic (exact) mass is 341 g/mol. The van der Waals surface area contributed by atoms with Gasteiger partial charge in [0.15, 0.2) is 0 Å². The Balaban J connectivity index is 1.74. The molecular weight excluding hydrogens is 318 g/mol. The van der Waals surface area contributed by atoms with Crippen LogP contribution in [-0.4, -0.2) is 24.7 Å². The number of benzene rings is 2. The van der Waals surface area contributed by atoms with Gasteiger partial charge in [-0.1, -0.05) is 48.5 Å². The number of amides is 1. The van der Waals surface area contributed by atoms with Crippen LogP contribution in [0.5, 0.6) is 0 Å². The molecule has 0 radical (unpaired) electrons. The molecule has 3 rings (SSSR count). The summed E-state index contributed by atoms with van der Waals surface area (Å²) in [5.41, 5.74) is 1.02. The molecule has 2 aromatic rings. The molecule has 1 N–H and O–H groups in total. The highest BCUT2D eigenvalue weighted by Crippen LogP contribution is 2.35. The molecule has 0 spiro atoms. The molecule has 0 aliphatic carbocycles. The fourth-order valence-electron chi connectivity index (χ4n) is 2.93. The number of hydrogen-bond acceptors (Lipinski definition) is 3. The van der Waals surface area contributed by atoms with Crippen molar-refractivity contribution < 1.29 is 9.53 Å². The Morgan fingerprint density at radius 3 is 2.42 bits per heavy atom. The second-order valence-corrected chi connectivity index (χ2v) is 7.25. The van der Waals surface area contributed by atoms with Gasteiger partial charge < -0.3 is 10.1 Å². The lowest BCUT2D eigenvalue weighted by Gasteiger charge is -2.23. The van der Waals surface area contributed by atoms with Crippen molar-refractivity contribution in [1.29, 1.82) is 0 Å². The largest absolute Gasteiger partial charge is 0.376 e. The molecule has 0 bridgehead atoms. The Kier molecular flexibility index (Phi) is 5.94. The summed E-state index contributed by atoms with van der Waals surface area (Å²) in [4.78, 5) is 14.0. The molecule has 2 aromatic carbocycles. The van der Waals surface area contributed by atoms with Crippen molar-refractivity contribution in [2.75, 3.05) is 6.61 Å². The normalized spacial score (nSPS) is 19.6. The summed E-state index contributed by atoms with van der Waals surface area (Å²) in [6, 6.07) is 20.0. The van der Waals surface area contributed by atoms with E-state index in [1.165, 1.54) is 0 Å². The van der Waals surface area contributed by atoms with Gasteiger partial charge in [-0.25, -0.2) is 0 Å². The topological polar surface area (TPSA) is 38.3 Å². The third-order valence-electron chi connectivity index (χ3n) is 4.23. The van der Waals surface area contributed by atoms with Crippen molar-refractivity contribution in [2.24, 2.45) is 0 Å². The number of thioether (sulfide) groups is 1. The number of carbonyl (C=O) groups excluding carboxylic acids is 1. The number of rotatable bonds is 6. The third-order valence-corrected chi connectivity index (χ3v) is 5.50. The molecule has 1 aliphatic heterocycles. The van der Waals surface area contributed by atoms with Crippen molar-refractivity contribution in [3.8, 4) is 0 Å². The Morgan fingerprint density at radius 2 is 1.79 bits per heavy atom. The highest BCUT2D eigenvalue weighted by atomic mass is 32.2. The maximum atomic E-state index is 12.9. The van der Waals surface area contributed by atoms with E-state index in [9.17, 15) is 4.79 Å². The first-order valence-electron chi connectivity index (χ1n) is 8.42. The summed E-state index contributed by atoms with van der Waals surface area (Å²) >= 11 is 1.58. The summed E-state index contributed by atoms with van der Waals surface area (Å²) in [6.45, 7) is 2.83. The number of hydrogen-bond donors (Lipinski definition) is 1. The van der Waals surface area contributed by atoms with E-state index in [1.54, 1.807) is 11.8 Å². The molecule has 24 heavy (non-hydrogen) atoms. The molecule has 0 unspecified atom stereocenters. The van der Waals surface area contributed by atoms with Crippen molar-refractivity contribution in [1.82, 2.24) is 5.32 Å². The van der Waals surface area contributed by atoms with E-state index in [0.29, 0.717) is 0 Å². The second-order valence-electron chi connectivity index (χ2n) is 6.07. The van der Waals surface area contributed by atoms with E-state index in [-0.39, 0.29) is 23.3 Å². The number of carbonyl (C=O) groups is 1. The first kappa shape index (κ1) is 17.1. The molecule has 0 saturated carbocycles. The molecule has 126 valence electrons. The zero-order chi connectivity index (χ0) is 16.8. The zero-order valence-corrected chi connectivity index (χ0v) is 14.7. The van der Waals surface area contributed by atoms with Crippen LogP contribution in [0, 0.1) is 0 Å². The van der Waals surface area contributed by atoms with Crippen LogP contribution < -0.4 is 5.32 Å². The molecule has 3 nitrogen and oxygen atoms in total. The molecular formula is C20H23NO2S. The van der Waals surface area contributed by atoms with Crippen LogP contribution in [0.1, 0.15) is 30.6 Å². The van der Waals surface area contributed by atoms with E-state index in [1.807, 2.05) is 67.6 Å². The van der Waals surface area contributed by atoms with Crippen LogP contribution >= 0.6 is 11.8 Å². The van der Waals surface area contributed by atoms with Gasteiger partial charge in [0.05, 0.1) is 12.1 Å². The summed E-state index contributed by atoms with van der Waals surface area (Å²) in [5.74, 6) is 0.0399. The van der Waals surface area contributed by atoms with Gasteiger partial charge in [0.1, 0.15) is 5.25 Å². The van der Waals surface area contributed by atoms with Gasteiger partial charge in [-0.2, -0.15) is 0 Å². The standard InChI is InChI=1S/C20H23NO2S/c1-15(18-13-8-14-23-18)21-20(22)19(16-9-4-2-5-10-16)24-17-11-6-3-7-12-17/h2-7,9-12,15,18-19H,8,13-14H2,1H3,(H,21,22)/t15-,18+,19+/m0/s1. The second kappa shape index (κ2) is 8.36. The summed E-state index contributed by atoms with van der Waals surface area (Å²) in [7, 11) is 0. The van der Waals surface area contributed by atoms with Gasteiger partial charge in [0.25, 0.3) is 0 Å². The molecule has 1 fully saturated rings. The van der Waals surface area contributed by atoms with Crippen LogP contribution in [0.15, 0.2) is 65.6 Å². The fourth-order valence-corrected chi connectivity index (χ4v) is 3.98. The maximum Gasteiger partial charge on any atom is 0.238 e. The van der Waals surface area contributed by atoms with E-state index in [0.717, 1.165) is 29.9 Å². The lowest BCUT2D eigenvalue weighted by molar-refractivity contribution is -0.122. The minimum Gasteiger partial charge on any atom is -0.376 e. The first-order chi connectivity index (χ1) is 11.7. The minimum atomic E-state index is -0.266. The Labute approximate surface area is 147 Å². The van der Waals surface area contributed by atoms with E-state index >= 15 is 0 Å². The predicted octanol–water partition coefficient (Wildman–Crippen LogP) is 4.20. The van der Waals surface area contributed by atoms with E-state index in [2.05, 4.69) is 5.32 Å². The molecule has 4 heteroatoms. The lowest BCUT2D eigenvalue weighted by atomic mass is 10.1. The van der Waals surface area contributed by atoms with E-state index < -0.39 is 0 Å². The Hall–Kier alpha value is -1.78. The van der Waals surface area contributed by atoms with Crippen LogP contribution in [0.4, 0.5) is 0 Å². The highest BCUT2D eigenvalue weighted by molar-refractivity contribution is 8.00. The van der Waals surface area contributed by atoms with Crippen molar-refractivity contribution in [3.63, 3.8) is 0 Å². The SMILES string of the molecule is C[C@H](NC(=O)[C@H](Sc1ccccc1)c1ccccc1)[C@H]1CCCO1. The predicted molar refractivity (Wildman–Crippen MR) is 98.1 cm³/mol. The van der Waals surface area contributed by atoms with Crippen molar-refractivity contribution in [2.45, 2.75) is 42.1 Å². The van der Waals surface area contributed by atoms with Gasteiger partial charge in [-0.05, 0) is 37.5 Å². The molecule has 3 atom stereocenters. The van der Waals surface area contributed by atoms with Gasteiger partial charge in [0.2, 0.25) is 5.91 Å². The van der Waals surface area contributed by atoms with Gasteiger partial charge >= 0.3 is 0 Å². The quantitative estimate of drug-likeness (QED) is 0.800. The first-order valence-corrected chi connectivity index (χ1v) is 9.30. The average molecular weight is 341 g/mol.